The lowest BCUT2D eigenvalue weighted by molar-refractivity contribution is 0.610. The van der Waals surface area contributed by atoms with Crippen LogP contribution in [0.25, 0.3) is 21.8 Å². The van der Waals surface area contributed by atoms with E-state index in [0.29, 0.717) is 17.8 Å². The van der Waals surface area contributed by atoms with Gasteiger partial charge in [-0.05, 0) is 31.9 Å². The van der Waals surface area contributed by atoms with E-state index in [4.69, 9.17) is 11.6 Å². The van der Waals surface area contributed by atoms with Gasteiger partial charge in [-0.1, -0.05) is 11.6 Å². The van der Waals surface area contributed by atoms with Crippen molar-refractivity contribution in [3.63, 3.8) is 0 Å². The number of nitrogens with zero attached hydrogens (tertiary/aromatic N) is 3. The van der Waals surface area contributed by atoms with Crippen molar-refractivity contribution in [1.82, 2.24) is 14.5 Å². The molecule has 0 saturated carbocycles. The molecule has 0 amide bonds. The lowest BCUT2D eigenvalue weighted by Crippen LogP contribution is -2.21. The van der Waals surface area contributed by atoms with Gasteiger partial charge in [-0.15, -0.1) is 11.6 Å². The number of aryl methyl sites for hydroxylation is 2. The highest BCUT2D eigenvalue weighted by molar-refractivity contribution is 6.17. The first-order valence-corrected chi connectivity index (χ1v) is 7.54. The molecule has 0 aliphatic rings. The second-order valence-corrected chi connectivity index (χ2v) is 5.56. The Hall–Kier alpha value is -1.94. The molecule has 0 saturated heterocycles. The molecule has 0 fully saturated rings. The lowest BCUT2D eigenvalue weighted by atomic mass is 10.1. The van der Waals surface area contributed by atoms with E-state index in [1.54, 1.807) is 17.1 Å². The number of halogens is 1. The van der Waals surface area contributed by atoms with Crippen LogP contribution in [-0.4, -0.2) is 20.4 Å². The Morgan fingerprint density at radius 2 is 2.05 bits per heavy atom. The summed E-state index contributed by atoms with van der Waals surface area (Å²) in [7, 11) is 0. The molecule has 4 nitrogen and oxygen atoms in total. The maximum absolute atomic E-state index is 12.5. The molecule has 3 rings (SSSR count). The molecule has 0 N–H and O–H groups in total. The van der Waals surface area contributed by atoms with Crippen LogP contribution in [0.1, 0.15) is 18.4 Å². The van der Waals surface area contributed by atoms with Gasteiger partial charge in [-0.3, -0.25) is 14.3 Å². The quantitative estimate of drug-likeness (QED) is 0.422. The fourth-order valence-corrected chi connectivity index (χ4v) is 2.65. The van der Waals surface area contributed by atoms with Crippen molar-refractivity contribution in [2.45, 2.75) is 26.3 Å². The second kappa shape index (κ2) is 5.82. The first-order valence-electron chi connectivity index (χ1n) is 7.01. The number of benzene rings is 1. The van der Waals surface area contributed by atoms with Gasteiger partial charge in [0.1, 0.15) is 0 Å². The third-order valence-electron chi connectivity index (χ3n) is 3.60. The molecule has 0 unspecified atom stereocenters. The maximum atomic E-state index is 12.5. The van der Waals surface area contributed by atoms with Gasteiger partial charge in [-0.2, -0.15) is 0 Å². The number of pyridine rings is 1. The summed E-state index contributed by atoms with van der Waals surface area (Å²) < 4.78 is 1.64. The third-order valence-corrected chi connectivity index (χ3v) is 3.86. The summed E-state index contributed by atoms with van der Waals surface area (Å²) in [6.45, 7) is 2.66. The van der Waals surface area contributed by atoms with Gasteiger partial charge in [-0.25, -0.2) is 4.98 Å². The summed E-state index contributed by atoms with van der Waals surface area (Å²) in [5.74, 6) is 0.612. The molecule has 0 aliphatic heterocycles. The molecular formula is C16H16ClN3O. The zero-order valence-corrected chi connectivity index (χ0v) is 12.6. The molecule has 1 aromatic carbocycles. The first kappa shape index (κ1) is 14.0. The monoisotopic (exact) mass is 301 g/mol. The summed E-state index contributed by atoms with van der Waals surface area (Å²) in [5, 5.41) is 1.50. The fraction of sp³-hybridized carbons (Fsp3) is 0.312. The second-order valence-electron chi connectivity index (χ2n) is 5.18. The minimum absolute atomic E-state index is 0.0366. The van der Waals surface area contributed by atoms with E-state index in [1.807, 2.05) is 25.1 Å². The van der Waals surface area contributed by atoms with Crippen molar-refractivity contribution >= 4 is 33.4 Å². The number of hydrogen-bond acceptors (Lipinski definition) is 3. The minimum Gasteiger partial charge on any atom is -0.299 e. The Morgan fingerprint density at radius 3 is 2.86 bits per heavy atom. The molecule has 0 bridgehead atoms. The predicted molar refractivity (Wildman–Crippen MR) is 86.0 cm³/mol. The lowest BCUT2D eigenvalue weighted by Gasteiger charge is -2.07. The molecule has 2 aromatic heterocycles. The van der Waals surface area contributed by atoms with Crippen LogP contribution < -0.4 is 5.56 Å². The zero-order chi connectivity index (χ0) is 14.8. The summed E-state index contributed by atoms with van der Waals surface area (Å²) >= 11 is 5.67. The Morgan fingerprint density at radius 1 is 1.19 bits per heavy atom. The van der Waals surface area contributed by atoms with Gasteiger partial charge in [0.2, 0.25) is 0 Å². The molecule has 0 spiro atoms. The van der Waals surface area contributed by atoms with Crippen molar-refractivity contribution in [3.8, 4) is 0 Å². The van der Waals surface area contributed by atoms with Crippen LogP contribution in [0.4, 0.5) is 0 Å². The summed E-state index contributed by atoms with van der Waals surface area (Å²) in [6, 6.07) is 5.99. The first-order chi connectivity index (χ1) is 10.2. The normalized spacial score (nSPS) is 11.3. The van der Waals surface area contributed by atoms with Gasteiger partial charge in [0.15, 0.2) is 0 Å². The van der Waals surface area contributed by atoms with E-state index in [9.17, 15) is 4.79 Å². The van der Waals surface area contributed by atoms with Gasteiger partial charge >= 0.3 is 0 Å². The average molecular weight is 302 g/mol. The van der Waals surface area contributed by atoms with Gasteiger partial charge in [0.05, 0.1) is 22.7 Å². The molecule has 108 valence electrons. The molecule has 3 aromatic rings. The van der Waals surface area contributed by atoms with Crippen LogP contribution in [0, 0.1) is 6.92 Å². The predicted octanol–water partition coefficient (Wildman–Crippen LogP) is 3.27. The number of rotatable bonds is 4. The zero-order valence-electron chi connectivity index (χ0n) is 11.8. The molecule has 5 heteroatoms. The Balaban J connectivity index is 2.16. The van der Waals surface area contributed by atoms with Crippen LogP contribution in [0.15, 0.2) is 35.5 Å². The number of unbranched alkanes of at least 4 members (excludes halogenated alkanes) is 1. The minimum atomic E-state index is -0.0366. The van der Waals surface area contributed by atoms with E-state index in [0.717, 1.165) is 34.8 Å². The molecule has 2 heterocycles. The Bertz CT molecular complexity index is 857. The van der Waals surface area contributed by atoms with Crippen LogP contribution in [0.3, 0.4) is 0 Å². The van der Waals surface area contributed by atoms with E-state index in [-0.39, 0.29) is 5.56 Å². The topological polar surface area (TPSA) is 47.8 Å². The van der Waals surface area contributed by atoms with Crippen LogP contribution in [0.2, 0.25) is 0 Å². The number of aromatic nitrogens is 3. The smallest absolute Gasteiger partial charge is 0.262 e. The van der Waals surface area contributed by atoms with Crippen molar-refractivity contribution in [1.29, 1.82) is 0 Å². The van der Waals surface area contributed by atoms with Crippen molar-refractivity contribution in [3.05, 3.63) is 46.6 Å². The fourth-order valence-electron chi connectivity index (χ4n) is 2.46. The molecule has 0 aliphatic carbocycles. The maximum Gasteiger partial charge on any atom is 0.262 e. The molecular weight excluding hydrogens is 286 g/mol. The van der Waals surface area contributed by atoms with E-state index < -0.39 is 0 Å². The third kappa shape index (κ3) is 2.63. The van der Waals surface area contributed by atoms with Crippen molar-refractivity contribution in [2.75, 3.05) is 5.88 Å². The largest absolute Gasteiger partial charge is 0.299 e. The van der Waals surface area contributed by atoms with Crippen LogP contribution in [-0.2, 0) is 6.54 Å². The number of hydrogen-bond donors (Lipinski definition) is 0. The van der Waals surface area contributed by atoms with Crippen LogP contribution in [0.5, 0.6) is 0 Å². The van der Waals surface area contributed by atoms with Gasteiger partial charge in [0, 0.05) is 24.0 Å². The summed E-state index contributed by atoms with van der Waals surface area (Å²) in [6.07, 6.45) is 5.01. The highest BCUT2D eigenvalue weighted by atomic mass is 35.5. The molecule has 0 atom stereocenters. The number of alkyl halides is 1. The van der Waals surface area contributed by atoms with Crippen LogP contribution >= 0.6 is 11.6 Å². The summed E-state index contributed by atoms with van der Waals surface area (Å²) in [5.41, 5.74) is 2.68. The summed E-state index contributed by atoms with van der Waals surface area (Å²) in [4.78, 5) is 21.4. The van der Waals surface area contributed by atoms with Gasteiger partial charge in [0.25, 0.3) is 5.56 Å². The highest BCUT2D eigenvalue weighted by Crippen LogP contribution is 2.20. The van der Waals surface area contributed by atoms with Crippen molar-refractivity contribution < 1.29 is 0 Å². The van der Waals surface area contributed by atoms with E-state index >= 15 is 0 Å². The standard InChI is InChI=1S/C16H16ClN3O/c1-11-4-5-14-12(8-11)15-13(9-18-14)16(21)20(10-19-15)7-3-2-6-17/h4-5,8-10H,2-3,6-7H2,1H3. The highest BCUT2D eigenvalue weighted by Gasteiger charge is 2.08. The van der Waals surface area contributed by atoms with E-state index in [2.05, 4.69) is 9.97 Å². The molecule has 0 radical (unpaired) electrons. The van der Waals surface area contributed by atoms with E-state index in [1.165, 1.54) is 0 Å². The SMILES string of the molecule is Cc1ccc2ncc3c(=O)n(CCCCCl)cnc3c2c1. The average Bonchev–Trinajstić information content (AvgIpc) is 2.49. The van der Waals surface area contributed by atoms with Crippen molar-refractivity contribution in [2.24, 2.45) is 0 Å². The van der Waals surface area contributed by atoms with Gasteiger partial charge < -0.3 is 0 Å². The number of fused-ring (bicyclic) bond motifs is 3. The molecule has 21 heavy (non-hydrogen) atoms. The Kier molecular flexibility index (Phi) is 3.88. The Labute approximate surface area is 127 Å².